The van der Waals surface area contributed by atoms with Crippen molar-refractivity contribution in [3.63, 3.8) is 0 Å². The van der Waals surface area contributed by atoms with E-state index in [1.807, 2.05) is 11.0 Å². The maximum absolute atomic E-state index is 12.9. The van der Waals surface area contributed by atoms with Crippen LogP contribution in [0.5, 0.6) is 0 Å². The highest BCUT2D eigenvalue weighted by Gasteiger charge is 2.45. The number of piperidine rings is 1. The third-order valence-electron chi connectivity index (χ3n) is 5.64. The molecule has 0 unspecified atom stereocenters. The zero-order chi connectivity index (χ0) is 16.7. The van der Waals surface area contributed by atoms with Crippen LogP contribution in [0.3, 0.4) is 0 Å². The summed E-state index contributed by atoms with van der Waals surface area (Å²) in [6.45, 7) is 7.28. The summed E-state index contributed by atoms with van der Waals surface area (Å²) in [6.07, 6.45) is 5.85. The lowest BCUT2D eigenvalue weighted by Crippen LogP contribution is -2.50. The Morgan fingerprint density at radius 3 is 3.00 bits per heavy atom. The molecule has 2 aliphatic heterocycles. The van der Waals surface area contributed by atoms with E-state index < -0.39 is 0 Å². The summed E-state index contributed by atoms with van der Waals surface area (Å²) in [5, 5.41) is 0. The fourth-order valence-electron chi connectivity index (χ4n) is 3.86. The number of rotatable bonds is 4. The van der Waals surface area contributed by atoms with Gasteiger partial charge in [-0.1, -0.05) is 0 Å². The summed E-state index contributed by atoms with van der Waals surface area (Å²) < 4.78 is 12.2. The monoisotopic (exact) mass is 349 g/mol. The summed E-state index contributed by atoms with van der Waals surface area (Å²) in [4.78, 5) is 17.0. The second-order valence-corrected chi connectivity index (χ2v) is 9.03. The van der Waals surface area contributed by atoms with Gasteiger partial charge in [0, 0.05) is 24.4 Å². The summed E-state index contributed by atoms with van der Waals surface area (Å²) in [7, 11) is 0. The van der Waals surface area contributed by atoms with Crippen LogP contribution in [0.25, 0.3) is 0 Å². The molecule has 24 heavy (non-hydrogen) atoms. The van der Waals surface area contributed by atoms with E-state index in [1.165, 1.54) is 23.3 Å². The number of likely N-dealkylation sites (tertiary alicyclic amines) is 1. The van der Waals surface area contributed by atoms with Crippen molar-refractivity contribution >= 4 is 17.2 Å². The number of carbonyl (C=O) groups excluding carboxylic acids is 1. The molecular weight excluding hydrogens is 322 g/mol. The van der Waals surface area contributed by atoms with Crippen molar-refractivity contribution in [3.05, 3.63) is 21.4 Å². The van der Waals surface area contributed by atoms with Gasteiger partial charge in [-0.2, -0.15) is 0 Å². The van der Waals surface area contributed by atoms with E-state index in [1.54, 1.807) is 11.3 Å². The first-order valence-electron chi connectivity index (χ1n) is 9.16. The number of aryl methyl sites for hydroxylation is 2. The quantitative estimate of drug-likeness (QED) is 0.834. The van der Waals surface area contributed by atoms with Gasteiger partial charge in [0.05, 0.1) is 29.7 Å². The highest BCUT2D eigenvalue weighted by atomic mass is 32.1. The fraction of sp³-hybridized carbons (Fsp3) is 0.737. The first-order chi connectivity index (χ1) is 11.5. The summed E-state index contributed by atoms with van der Waals surface area (Å²) >= 11 is 1.61. The first-order valence-corrected chi connectivity index (χ1v) is 9.98. The van der Waals surface area contributed by atoms with E-state index >= 15 is 0 Å². The smallest absolute Gasteiger partial charge is 0.264 e. The molecule has 1 aromatic rings. The minimum Gasteiger partial charge on any atom is -0.375 e. The lowest BCUT2D eigenvalue weighted by molar-refractivity contribution is -0.0464. The lowest BCUT2D eigenvalue weighted by atomic mass is 9.89. The Kier molecular flexibility index (Phi) is 4.43. The molecule has 132 valence electrons. The zero-order valence-corrected chi connectivity index (χ0v) is 15.5. The van der Waals surface area contributed by atoms with Crippen LogP contribution in [-0.4, -0.2) is 48.8 Å². The lowest BCUT2D eigenvalue weighted by Gasteiger charge is -2.39. The Morgan fingerprint density at radius 1 is 1.46 bits per heavy atom. The predicted octanol–water partition coefficient (Wildman–Crippen LogP) is 3.56. The normalized spacial score (nSPS) is 30.2. The van der Waals surface area contributed by atoms with Crippen LogP contribution >= 0.6 is 11.3 Å². The predicted molar refractivity (Wildman–Crippen MR) is 94.7 cm³/mol. The number of ether oxygens (including phenoxy) is 2. The van der Waals surface area contributed by atoms with Crippen LogP contribution in [0.15, 0.2) is 6.07 Å². The number of nitrogens with zero attached hydrogens (tertiary/aromatic N) is 1. The minimum atomic E-state index is -0.177. The van der Waals surface area contributed by atoms with Crippen molar-refractivity contribution in [3.8, 4) is 0 Å². The number of hydrogen-bond acceptors (Lipinski definition) is 4. The molecule has 1 amide bonds. The van der Waals surface area contributed by atoms with Crippen molar-refractivity contribution in [2.24, 2.45) is 5.92 Å². The number of carbonyl (C=O) groups is 1. The number of hydrogen-bond donors (Lipinski definition) is 0. The second kappa shape index (κ2) is 6.43. The maximum atomic E-state index is 12.9. The largest absolute Gasteiger partial charge is 0.375 e. The summed E-state index contributed by atoms with van der Waals surface area (Å²) in [5.74, 6) is 0.956. The molecule has 0 bridgehead atoms. The average Bonchev–Trinajstić information content (AvgIpc) is 3.25. The van der Waals surface area contributed by atoms with E-state index in [-0.39, 0.29) is 17.6 Å². The van der Waals surface area contributed by atoms with Crippen LogP contribution in [0.2, 0.25) is 0 Å². The number of amides is 1. The van der Waals surface area contributed by atoms with Crippen LogP contribution < -0.4 is 0 Å². The Balaban J connectivity index is 1.39. The molecule has 3 aliphatic rings. The van der Waals surface area contributed by atoms with E-state index in [0.29, 0.717) is 13.2 Å². The van der Waals surface area contributed by atoms with E-state index in [9.17, 15) is 4.79 Å². The van der Waals surface area contributed by atoms with Crippen LogP contribution in [-0.2, 0) is 9.47 Å². The van der Waals surface area contributed by atoms with Gasteiger partial charge in [-0.15, -0.1) is 11.3 Å². The molecule has 4 rings (SSSR count). The third-order valence-corrected chi connectivity index (χ3v) is 6.78. The molecule has 0 aromatic carbocycles. The summed E-state index contributed by atoms with van der Waals surface area (Å²) in [6, 6.07) is 2.03. The molecule has 0 N–H and O–H groups in total. The van der Waals surface area contributed by atoms with Crippen molar-refractivity contribution in [1.29, 1.82) is 0 Å². The third kappa shape index (κ3) is 3.39. The van der Waals surface area contributed by atoms with Gasteiger partial charge in [0.25, 0.3) is 5.91 Å². The molecule has 0 radical (unpaired) electrons. The molecule has 2 atom stereocenters. The van der Waals surface area contributed by atoms with Gasteiger partial charge in [0.2, 0.25) is 0 Å². The standard InChI is InChI=1S/C19H27NO3S/c1-13-8-17(24-14(13)2)18(21)20-7-3-6-19(12-20)9-16(11-23-19)22-10-15-4-5-15/h8,15-16H,3-7,9-12H2,1-2H3/t16-,19-/m1/s1. The van der Waals surface area contributed by atoms with Crippen LogP contribution in [0.4, 0.5) is 0 Å². The zero-order valence-electron chi connectivity index (χ0n) is 14.7. The van der Waals surface area contributed by atoms with Gasteiger partial charge in [-0.05, 0) is 57.1 Å². The van der Waals surface area contributed by atoms with Gasteiger partial charge in [-0.3, -0.25) is 4.79 Å². The van der Waals surface area contributed by atoms with Crippen LogP contribution in [0.1, 0.15) is 52.2 Å². The second-order valence-electron chi connectivity index (χ2n) is 7.78. The SMILES string of the molecule is Cc1cc(C(=O)N2CCC[C@@]3(C[C@@H](OCC4CC4)CO3)C2)sc1C. The van der Waals surface area contributed by atoms with E-state index in [0.717, 1.165) is 43.2 Å². The highest BCUT2D eigenvalue weighted by molar-refractivity contribution is 7.14. The van der Waals surface area contributed by atoms with Gasteiger partial charge >= 0.3 is 0 Å². The van der Waals surface area contributed by atoms with Gasteiger partial charge in [-0.25, -0.2) is 0 Å². The van der Waals surface area contributed by atoms with Crippen molar-refractivity contribution < 1.29 is 14.3 Å². The van der Waals surface area contributed by atoms with Crippen molar-refractivity contribution in [2.75, 3.05) is 26.3 Å². The molecular formula is C19H27NO3S. The summed E-state index contributed by atoms with van der Waals surface area (Å²) in [5.41, 5.74) is 1.03. The van der Waals surface area contributed by atoms with Crippen LogP contribution in [0, 0.1) is 19.8 Å². The molecule has 5 heteroatoms. The van der Waals surface area contributed by atoms with Gasteiger partial charge < -0.3 is 14.4 Å². The molecule has 1 saturated carbocycles. The maximum Gasteiger partial charge on any atom is 0.264 e. The minimum absolute atomic E-state index is 0.168. The first kappa shape index (κ1) is 16.6. The van der Waals surface area contributed by atoms with E-state index in [2.05, 4.69) is 13.8 Å². The Bertz CT molecular complexity index is 605. The number of thiophene rings is 1. The molecule has 1 aromatic heterocycles. The molecule has 4 nitrogen and oxygen atoms in total. The highest BCUT2D eigenvalue weighted by Crippen LogP contribution is 2.38. The molecule has 3 heterocycles. The van der Waals surface area contributed by atoms with Crippen molar-refractivity contribution in [1.82, 2.24) is 4.90 Å². The van der Waals surface area contributed by atoms with Gasteiger partial charge in [0.1, 0.15) is 0 Å². The molecule has 1 aliphatic carbocycles. The molecule has 3 fully saturated rings. The van der Waals surface area contributed by atoms with Crippen molar-refractivity contribution in [2.45, 2.75) is 57.7 Å². The topological polar surface area (TPSA) is 38.8 Å². The Hall–Kier alpha value is -0.910. The molecule has 2 saturated heterocycles. The Morgan fingerprint density at radius 2 is 2.29 bits per heavy atom. The molecule has 1 spiro atoms. The average molecular weight is 349 g/mol. The fourth-order valence-corrected chi connectivity index (χ4v) is 4.86. The van der Waals surface area contributed by atoms with Gasteiger partial charge in [0.15, 0.2) is 0 Å². The van der Waals surface area contributed by atoms with E-state index in [4.69, 9.17) is 9.47 Å². The Labute approximate surface area is 148 Å².